The van der Waals surface area contributed by atoms with Gasteiger partial charge < -0.3 is 9.80 Å². The van der Waals surface area contributed by atoms with Crippen molar-refractivity contribution < 1.29 is 18.4 Å². The third-order valence-electron chi connectivity index (χ3n) is 6.81. The van der Waals surface area contributed by atoms with E-state index in [2.05, 4.69) is 25.3 Å². The molecule has 3 aromatic heterocycles. The first-order chi connectivity index (χ1) is 18.0. The summed E-state index contributed by atoms with van der Waals surface area (Å²) < 4.78 is 27.6. The highest BCUT2D eigenvalue weighted by molar-refractivity contribution is 5.94. The second-order valence-electron chi connectivity index (χ2n) is 10.3. The molecule has 1 aliphatic heterocycles. The Bertz CT molecular complexity index is 1480. The van der Waals surface area contributed by atoms with Crippen molar-refractivity contribution in [2.75, 3.05) is 19.6 Å². The van der Waals surface area contributed by atoms with Gasteiger partial charge in [0.15, 0.2) is 5.65 Å². The monoisotopic (exact) mass is 522 g/mol. The molecule has 0 spiro atoms. The predicted octanol–water partition coefficient (Wildman–Crippen LogP) is 3.95. The molecule has 1 aliphatic rings. The first-order valence-corrected chi connectivity index (χ1v) is 12.3. The van der Waals surface area contributed by atoms with Crippen LogP contribution in [0.5, 0.6) is 0 Å². The number of alkyl halides is 2. The van der Waals surface area contributed by atoms with E-state index in [9.17, 15) is 18.4 Å². The van der Waals surface area contributed by atoms with Crippen molar-refractivity contribution in [2.45, 2.75) is 45.6 Å². The average molecular weight is 523 g/mol. The molecule has 2 amide bonds. The molecule has 0 unspecified atom stereocenters. The zero-order valence-electron chi connectivity index (χ0n) is 21.5. The number of aromatic nitrogens is 6. The van der Waals surface area contributed by atoms with Crippen molar-refractivity contribution in [1.29, 1.82) is 0 Å². The van der Waals surface area contributed by atoms with Crippen molar-refractivity contribution in [2.24, 2.45) is 0 Å². The summed E-state index contributed by atoms with van der Waals surface area (Å²) in [5.74, 6) is -0.292. The van der Waals surface area contributed by atoms with Crippen molar-refractivity contribution >= 4 is 17.5 Å². The smallest absolute Gasteiger partial charge is 0.291 e. The molecule has 4 heterocycles. The van der Waals surface area contributed by atoms with Crippen LogP contribution in [0.25, 0.3) is 16.9 Å². The summed E-state index contributed by atoms with van der Waals surface area (Å²) in [4.78, 5) is 38.3. The topological polar surface area (TPSA) is 112 Å². The number of halogens is 2. The molecular formula is C26H28F2N8O2. The fourth-order valence-electron chi connectivity index (χ4n) is 4.77. The van der Waals surface area contributed by atoms with Crippen LogP contribution in [0.15, 0.2) is 42.9 Å². The lowest BCUT2D eigenvalue weighted by atomic mass is 9.98. The number of hydrogen-bond acceptors (Lipinski definition) is 6. The Hall–Kier alpha value is -4.22. The van der Waals surface area contributed by atoms with Gasteiger partial charge in [-0.1, -0.05) is 38.1 Å². The molecule has 0 atom stereocenters. The van der Waals surface area contributed by atoms with Crippen LogP contribution in [-0.2, 0) is 0 Å². The number of carbonyl (C=O) groups excluding carboxylic acids is 2. The van der Waals surface area contributed by atoms with Gasteiger partial charge in [0.1, 0.15) is 12.0 Å². The van der Waals surface area contributed by atoms with Gasteiger partial charge in [-0.15, -0.1) is 0 Å². The largest absolute Gasteiger partial charge is 0.332 e. The molecule has 1 N–H and O–H groups in total. The number of piperazine rings is 1. The second-order valence-corrected chi connectivity index (χ2v) is 10.3. The van der Waals surface area contributed by atoms with Crippen LogP contribution in [0, 0.1) is 0 Å². The minimum absolute atomic E-state index is 0.0559. The lowest BCUT2D eigenvalue weighted by Gasteiger charge is -2.46. The van der Waals surface area contributed by atoms with Gasteiger partial charge in [-0.3, -0.25) is 14.7 Å². The Morgan fingerprint density at radius 3 is 2.42 bits per heavy atom. The van der Waals surface area contributed by atoms with Crippen LogP contribution >= 0.6 is 0 Å². The van der Waals surface area contributed by atoms with E-state index in [0.29, 0.717) is 36.5 Å². The minimum Gasteiger partial charge on any atom is -0.332 e. The van der Waals surface area contributed by atoms with Gasteiger partial charge in [0.05, 0.1) is 17.4 Å². The summed E-state index contributed by atoms with van der Waals surface area (Å²) in [5, 5.41) is 11.0. The Morgan fingerprint density at radius 1 is 1.08 bits per heavy atom. The van der Waals surface area contributed by atoms with E-state index in [0.717, 1.165) is 5.56 Å². The zero-order valence-corrected chi connectivity index (χ0v) is 21.5. The highest BCUT2D eigenvalue weighted by atomic mass is 19.3. The number of H-pyrrole nitrogens is 1. The Labute approximate surface area is 217 Å². The predicted molar refractivity (Wildman–Crippen MR) is 135 cm³/mol. The fraction of sp³-hybridized carbons (Fsp3) is 0.385. The molecule has 38 heavy (non-hydrogen) atoms. The lowest BCUT2D eigenvalue weighted by molar-refractivity contribution is 0.0160. The number of imidazole rings is 1. The van der Waals surface area contributed by atoms with Gasteiger partial charge in [-0.25, -0.2) is 23.3 Å². The van der Waals surface area contributed by atoms with Crippen LogP contribution in [0.1, 0.15) is 72.3 Å². The number of nitrogens with one attached hydrogen (secondary N) is 1. The summed E-state index contributed by atoms with van der Waals surface area (Å²) in [5.41, 5.74) is 2.26. The summed E-state index contributed by atoms with van der Waals surface area (Å²) >= 11 is 0. The number of benzene rings is 1. The van der Waals surface area contributed by atoms with Gasteiger partial charge in [0, 0.05) is 36.3 Å². The van der Waals surface area contributed by atoms with Gasteiger partial charge in [-0.2, -0.15) is 10.2 Å². The number of rotatable bonds is 5. The number of hydrogen-bond donors (Lipinski definition) is 1. The quantitative estimate of drug-likeness (QED) is 0.425. The number of aromatic amines is 1. The molecule has 4 aromatic rings. The number of amides is 2. The van der Waals surface area contributed by atoms with E-state index in [1.165, 1.54) is 18.5 Å². The maximum absolute atomic E-state index is 13.6. The van der Waals surface area contributed by atoms with E-state index in [1.807, 2.05) is 33.8 Å². The van der Waals surface area contributed by atoms with E-state index in [-0.39, 0.29) is 34.8 Å². The molecule has 1 aromatic carbocycles. The summed E-state index contributed by atoms with van der Waals surface area (Å²) in [6, 6.07) is 7.89. The Balaban J connectivity index is 1.44. The lowest BCUT2D eigenvalue weighted by Crippen LogP contribution is -2.62. The van der Waals surface area contributed by atoms with Gasteiger partial charge in [0.25, 0.3) is 18.2 Å². The third-order valence-corrected chi connectivity index (χ3v) is 6.81. The summed E-state index contributed by atoms with van der Waals surface area (Å²) in [7, 11) is 0. The molecule has 0 bridgehead atoms. The standard InChI is InChI=1S/C26H28F2N8O2/c1-15(2)18-11-19(16-5-7-17(8-6-16)21(27)28)33-36-12-20(31-23(18)36)24(37)35-10-9-34(13-26(35,3)4)25(38)22-29-14-30-32-22/h5-8,11-12,14-15,21H,9-10,13H2,1-4H3,(H,29,30,32). The van der Waals surface area contributed by atoms with E-state index < -0.39 is 12.0 Å². The van der Waals surface area contributed by atoms with Gasteiger partial charge in [0.2, 0.25) is 5.82 Å². The summed E-state index contributed by atoms with van der Waals surface area (Å²) in [6.45, 7) is 8.83. The van der Waals surface area contributed by atoms with Crippen LogP contribution in [-0.4, -0.2) is 76.6 Å². The van der Waals surface area contributed by atoms with E-state index in [1.54, 1.807) is 32.6 Å². The maximum Gasteiger partial charge on any atom is 0.291 e. The second kappa shape index (κ2) is 9.58. The highest BCUT2D eigenvalue weighted by Gasteiger charge is 2.40. The molecule has 12 heteroatoms. The first-order valence-electron chi connectivity index (χ1n) is 12.3. The zero-order chi connectivity index (χ0) is 27.2. The molecule has 5 rings (SSSR count). The number of carbonyl (C=O) groups is 2. The molecule has 1 fully saturated rings. The average Bonchev–Trinajstić information content (AvgIpc) is 3.57. The number of fused-ring (bicyclic) bond motifs is 1. The third kappa shape index (κ3) is 4.61. The molecule has 1 saturated heterocycles. The van der Waals surface area contributed by atoms with Crippen LogP contribution in [0.3, 0.4) is 0 Å². The fourth-order valence-corrected chi connectivity index (χ4v) is 4.77. The molecule has 0 saturated carbocycles. The van der Waals surface area contributed by atoms with E-state index in [4.69, 9.17) is 0 Å². The van der Waals surface area contributed by atoms with Gasteiger partial charge in [-0.05, 0) is 25.8 Å². The van der Waals surface area contributed by atoms with Gasteiger partial charge >= 0.3 is 0 Å². The maximum atomic E-state index is 13.6. The highest BCUT2D eigenvalue weighted by Crippen LogP contribution is 2.29. The molecule has 198 valence electrons. The van der Waals surface area contributed by atoms with Crippen molar-refractivity contribution in [3.63, 3.8) is 0 Å². The Kier molecular flexibility index (Phi) is 6.41. The van der Waals surface area contributed by atoms with Crippen LogP contribution in [0.2, 0.25) is 0 Å². The molecule has 0 radical (unpaired) electrons. The normalized spacial score (nSPS) is 15.6. The summed E-state index contributed by atoms with van der Waals surface area (Å²) in [6.07, 6.45) is 0.340. The number of nitrogens with zero attached hydrogens (tertiary/aromatic N) is 7. The van der Waals surface area contributed by atoms with Crippen molar-refractivity contribution in [1.82, 2.24) is 39.6 Å². The minimum atomic E-state index is -2.54. The molecule has 0 aliphatic carbocycles. The Morgan fingerprint density at radius 2 is 1.82 bits per heavy atom. The first kappa shape index (κ1) is 25.4. The van der Waals surface area contributed by atoms with Crippen LogP contribution < -0.4 is 0 Å². The molecular weight excluding hydrogens is 494 g/mol. The molecule has 10 nitrogen and oxygen atoms in total. The SMILES string of the molecule is CC(C)c1cc(-c2ccc(C(F)F)cc2)nn2cc(C(=O)N3CCN(C(=O)c4ncn[nH]4)CC3(C)C)nc12. The van der Waals surface area contributed by atoms with Crippen LogP contribution in [0.4, 0.5) is 8.78 Å². The van der Waals surface area contributed by atoms with E-state index >= 15 is 0 Å². The van der Waals surface area contributed by atoms with Crippen molar-refractivity contribution in [3.05, 3.63) is 65.5 Å². The van der Waals surface area contributed by atoms with Crippen molar-refractivity contribution in [3.8, 4) is 11.3 Å².